The van der Waals surface area contributed by atoms with Gasteiger partial charge in [0.05, 0.1) is 24.4 Å². The third-order valence-corrected chi connectivity index (χ3v) is 6.16. The molecule has 0 fully saturated rings. The first kappa shape index (κ1) is 28.6. The number of hydrogen-bond donors (Lipinski definition) is 2. The maximum Gasteiger partial charge on any atom is 0.244 e. The molecule has 204 valence electrons. The van der Waals surface area contributed by atoms with Crippen LogP contribution in [-0.4, -0.2) is 68.5 Å². The summed E-state index contributed by atoms with van der Waals surface area (Å²) in [5.74, 6) is 2.52. The van der Waals surface area contributed by atoms with Crippen LogP contribution in [0.5, 0.6) is 5.75 Å². The molecule has 9 heteroatoms. The van der Waals surface area contributed by atoms with Crippen molar-refractivity contribution in [3.05, 3.63) is 76.7 Å². The Morgan fingerprint density at radius 2 is 1.87 bits per heavy atom. The zero-order chi connectivity index (χ0) is 27.7. The first-order valence-corrected chi connectivity index (χ1v) is 12.9. The Hall–Kier alpha value is -4.01. The van der Waals surface area contributed by atoms with Crippen molar-refractivity contribution >= 4 is 18.0 Å². The van der Waals surface area contributed by atoms with Crippen LogP contribution in [0.3, 0.4) is 0 Å². The lowest BCUT2D eigenvalue weighted by Crippen LogP contribution is -2.39. The number of rotatable bonds is 9. The maximum absolute atomic E-state index is 9.06. The van der Waals surface area contributed by atoms with E-state index in [9.17, 15) is 0 Å². The summed E-state index contributed by atoms with van der Waals surface area (Å²) in [6, 6.07) is 16.2. The summed E-state index contributed by atoms with van der Waals surface area (Å²) in [7, 11) is 5.40. The third kappa shape index (κ3) is 7.27. The Morgan fingerprint density at radius 1 is 1.18 bits per heavy atom. The molecule has 9 nitrogen and oxygen atoms in total. The second-order valence-corrected chi connectivity index (χ2v) is 9.79. The monoisotopic (exact) mass is 520 g/mol. The molecular formula is C29H40N6O3. The number of carbonyl (C=O) groups is 1. The molecule has 4 rings (SSSR count). The van der Waals surface area contributed by atoms with Gasteiger partial charge < -0.3 is 25.4 Å². The zero-order valence-electron chi connectivity index (χ0n) is 23.3. The average molecular weight is 521 g/mol. The van der Waals surface area contributed by atoms with Crippen LogP contribution >= 0.6 is 0 Å². The molecule has 2 aliphatic heterocycles. The summed E-state index contributed by atoms with van der Waals surface area (Å²) in [5, 5.41) is 8.69. The Balaban J connectivity index is 0.000000934. The van der Waals surface area contributed by atoms with Gasteiger partial charge in [-0.25, -0.2) is 4.99 Å². The fourth-order valence-corrected chi connectivity index (χ4v) is 4.02. The van der Waals surface area contributed by atoms with Crippen molar-refractivity contribution < 1.29 is 14.3 Å². The topological polar surface area (TPSA) is 105 Å². The van der Waals surface area contributed by atoms with E-state index in [2.05, 4.69) is 55.5 Å². The Labute approximate surface area is 226 Å². The average Bonchev–Trinajstić information content (AvgIpc) is 3.30. The predicted molar refractivity (Wildman–Crippen MR) is 152 cm³/mol. The third-order valence-electron chi connectivity index (χ3n) is 6.16. The van der Waals surface area contributed by atoms with Gasteiger partial charge in [-0.3, -0.25) is 9.80 Å². The van der Waals surface area contributed by atoms with Crippen LogP contribution < -0.4 is 15.8 Å². The van der Waals surface area contributed by atoms with Crippen LogP contribution in [0.2, 0.25) is 0 Å². The summed E-state index contributed by atoms with van der Waals surface area (Å²) >= 11 is 0. The first-order valence-electron chi connectivity index (χ1n) is 12.9. The van der Waals surface area contributed by atoms with Crippen molar-refractivity contribution in [2.24, 2.45) is 21.7 Å². The van der Waals surface area contributed by atoms with E-state index in [-0.39, 0.29) is 0 Å². The lowest BCUT2D eigenvalue weighted by Gasteiger charge is -2.30. The lowest BCUT2D eigenvalue weighted by molar-refractivity contribution is -0.109. The number of nitrogens with one attached hydrogen (secondary N) is 1. The molecule has 38 heavy (non-hydrogen) atoms. The van der Waals surface area contributed by atoms with Crippen LogP contribution in [0.1, 0.15) is 43.4 Å². The molecule has 2 aromatic carbocycles. The highest BCUT2D eigenvalue weighted by atomic mass is 16.5. The highest BCUT2D eigenvalue weighted by molar-refractivity contribution is 6.03. The van der Waals surface area contributed by atoms with Crippen molar-refractivity contribution in [1.29, 1.82) is 0 Å². The van der Waals surface area contributed by atoms with Gasteiger partial charge in [-0.1, -0.05) is 55.8 Å². The van der Waals surface area contributed by atoms with E-state index in [1.165, 1.54) is 5.56 Å². The van der Waals surface area contributed by atoms with Gasteiger partial charge in [0.25, 0.3) is 0 Å². The Kier molecular flexibility index (Phi) is 10.2. The van der Waals surface area contributed by atoms with Crippen LogP contribution in [0, 0.1) is 12.8 Å². The summed E-state index contributed by atoms with van der Waals surface area (Å²) < 4.78 is 12.4. The molecule has 0 aliphatic carbocycles. The number of aliphatic imine (C=N–C) groups is 1. The van der Waals surface area contributed by atoms with Crippen LogP contribution in [0.4, 0.5) is 0 Å². The summed E-state index contributed by atoms with van der Waals surface area (Å²) in [5.41, 5.74) is 11.2. The Bertz CT molecular complexity index is 1170. The van der Waals surface area contributed by atoms with Gasteiger partial charge >= 0.3 is 0 Å². The minimum atomic E-state index is -0.521. The first-order chi connectivity index (χ1) is 18.2. The number of para-hydroxylation sites is 1. The molecule has 2 aliphatic rings. The van der Waals surface area contributed by atoms with Crippen LogP contribution in [-0.2, 0) is 9.53 Å². The molecule has 0 saturated carbocycles. The molecule has 3 N–H and O–H groups in total. The molecule has 1 unspecified atom stereocenters. The van der Waals surface area contributed by atoms with Gasteiger partial charge in [0.15, 0.2) is 0 Å². The van der Waals surface area contributed by atoms with Gasteiger partial charge in [-0.2, -0.15) is 0 Å². The normalized spacial score (nSPS) is 16.9. The molecule has 1 amide bonds. The minimum Gasteiger partial charge on any atom is -0.493 e. The number of ether oxygens (including phenoxy) is 2. The van der Waals surface area contributed by atoms with E-state index in [0.29, 0.717) is 42.9 Å². The molecule has 0 spiro atoms. The standard InChI is InChI=1S/C27H35N5O2.C2H5NO/c1-18(2)9-8-16-33-23-11-7-6-10-21(23)26-30-32(5)27(34-26)24-25(28)31(4)17-22(29-24)20-14-12-19(3)13-15-20;1-3-2-4/h6-7,10-15,18,27H,8-9,16-17,28H2,1-5H3;2H,1H3,(H,3,4). The van der Waals surface area contributed by atoms with Gasteiger partial charge in [0, 0.05) is 21.1 Å². The molecule has 1 atom stereocenters. The number of nitrogens with two attached hydrogens (primary N) is 1. The number of aryl methyl sites for hydroxylation is 1. The largest absolute Gasteiger partial charge is 0.493 e. The highest BCUT2D eigenvalue weighted by Gasteiger charge is 2.35. The smallest absolute Gasteiger partial charge is 0.244 e. The van der Waals surface area contributed by atoms with Crippen molar-refractivity contribution in [2.75, 3.05) is 34.3 Å². The second kappa shape index (κ2) is 13.5. The number of benzene rings is 2. The lowest BCUT2D eigenvalue weighted by atomic mass is 10.1. The van der Waals surface area contributed by atoms with Crippen molar-refractivity contribution in [1.82, 2.24) is 15.2 Å². The molecule has 0 radical (unpaired) electrons. The predicted octanol–water partition coefficient (Wildman–Crippen LogP) is 3.68. The number of hydrazone groups is 1. The van der Waals surface area contributed by atoms with Gasteiger partial charge in [-0.15, -0.1) is 5.10 Å². The van der Waals surface area contributed by atoms with E-state index in [0.717, 1.165) is 35.4 Å². The van der Waals surface area contributed by atoms with E-state index < -0.39 is 6.23 Å². The van der Waals surface area contributed by atoms with Crippen molar-refractivity contribution in [3.8, 4) is 5.75 Å². The molecule has 0 bridgehead atoms. The van der Waals surface area contributed by atoms with Crippen LogP contribution in [0.15, 0.2) is 70.1 Å². The molecule has 0 aromatic heterocycles. The fraction of sp³-hybridized carbons (Fsp3) is 0.414. The van der Waals surface area contributed by atoms with Crippen LogP contribution in [0.25, 0.3) is 0 Å². The quantitative estimate of drug-likeness (QED) is 0.386. The SMILES string of the molecule is CNC=O.Cc1ccc(C2=NC(C3OC(c4ccccc4OCCCC(C)C)=NN3C)=C(N)N(C)C2)cc1. The number of carbonyl (C=O) groups excluding carboxylic acids is 1. The zero-order valence-corrected chi connectivity index (χ0v) is 23.3. The molecule has 2 heterocycles. The molecule has 2 aromatic rings. The van der Waals surface area contributed by atoms with Gasteiger partial charge in [0.2, 0.25) is 18.5 Å². The van der Waals surface area contributed by atoms with E-state index in [4.69, 9.17) is 25.0 Å². The summed E-state index contributed by atoms with van der Waals surface area (Å²) in [6.07, 6.45) is 2.24. The summed E-state index contributed by atoms with van der Waals surface area (Å²) in [4.78, 5) is 16.0. The van der Waals surface area contributed by atoms with Crippen molar-refractivity contribution in [3.63, 3.8) is 0 Å². The fourth-order valence-electron chi connectivity index (χ4n) is 4.02. The van der Waals surface area contributed by atoms with E-state index >= 15 is 0 Å². The van der Waals surface area contributed by atoms with Gasteiger partial charge in [-0.05, 0) is 43.4 Å². The van der Waals surface area contributed by atoms with E-state index in [1.807, 2.05) is 43.3 Å². The molecular weight excluding hydrogens is 480 g/mol. The maximum atomic E-state index is 9.06. The highest BCUT2D eigenvalue weighted by Crippen LogP contribution is 2.30. The number of hydrogen-bond acceptors (Lipinski definition) is 8. The number of amides is 1. The minimum absolute atomic E-state index is 0.507. The van der Waals surface area contributed by atoms with Gasteiger partial charge in [0.1, 0.15) is 17.3 Å². The van der Waals surface area contributed by atoms with Crippen molar-refractivity contribution in [2.45, 2.75) is 39.8 Å². The van der Waals surface area contributed by atoms with E-state index in [1.54, 1.807) is 12.1 Å². The molecule has 0 saturated heterocycles. The number of nitrogens with zero attached hydrogens (tertiary/aromatic N) is 4. The summed E-state index contributed by atoms with van der Waals surface area (Å²) in [6.45, 7) is 7.82. The Morgan fingerprint density at radius 3 is 2.53 bits per heavy atom. The number of likely N-dealkylation sites (N-methyl/N-ethyl adjacent to an activating group) is 2. The second-order valence-electron chi connectivity index (χ2n) is 9.79.